The van der Waals surface area contributed by atoms with E-state index < -0.39 is 12.4 Å². The number of nitrogens with zero attached hydrogens (tertiary/aromatic N) is 3. The topological polar surface area (TPSA) is 30.7 Å². The Morgan fingerprint density at radius 2 is 1.61 bits per heavy atom. The minimum atomic E-state index is -2.70. The highest BCUT2D eigenvalue weighted by atomic mass is 19.3. The maximum absolute atomic E-state index is 14.9. The van der Waals surface area contributed by atoms with E-state index in [1.54, 1.807) is 36.7 Å². The molecule has 3 aromatic heterocycles. The van der Waals surface area contributed by atoms with Gasteiger partial charge in [-0.15, -0.1) is 0 Å². The molecule has 0 bridgehead atoms. The third kappa shape index (κ3) is 6.53. The molecule has 0 aliphatic heterocycles. The quantitative estimate of drug-likeness (QED) is 0.165. The Morgan fingerprint density at radius 1 is 0.816 bits per heavy atom. The second-order valence-electron chi connectivity index (χ2n) is 9.84. The first-order chi connectivity index (χ1) is 18.5. The summed E-state index contributed by atoms with van der Waals surface area (Å²) in [6, 6.07) is 8.26. The van der Waals surface area contributed by atoms with Crippen LogP contribution in [0, 0.1) is 11.7 Å². The lowest BCUT2D eigenvalue weighted by Gasteiger charge is -2.13. The standard InChI is InChI=1S/C32H36F3N3/c1-3-5-6-7-8-12-23(11-4-2)13-9-10-14-29-28(33)19-25(21-37-29)24-15-16-26-27-22-36-18-17-30(27)38(32(34)35)31(26)20-24/h6-7,10,14-23,32H,3-5,8-9,11-13H2,1-2H3/b7-6+,14-10+. The van der Waals surface area contributed by atoms with E-state index in [9.17, 15) is 13.2 Å². The number of fused-ring (bicyclic) bond motifs is 3. The van der Waals surface area contributed by atoms with Crippen LogP contribution in [0.1, 0.15) is 77.5 Å². The van der Waals surface area contributed by atoms with E-state index in [4.69, 9.17) is 0 Å². The Labute approximate surface area is 223 Å². The van der Waals surface area contributed by atoms with Gasteiger partial charge in [0, 0.05) is 34.9 Å². The number of hydrogen-bond donors (Lipinski definition) is 0. The number of rotatable bonds is 13. The van der Waals surface area contributed by atoms with Gasteiger partial charge in [0.05, 0.1) is 16.7 Å². The Hall–Kier alpha value is -3.41. The van der Waals surface area contributed by atoms with Crippen molar-refractivity contribution in [2.45, 2.75) is 71.8 Å². The number of alkyl halides is 2. The Morgan fingerprint density at radius 3 is 2.34 bits per heavy atom. The van der Waals surface area contributed by atoms with Crippen LogP contribution >= 0.6 is 0 Å². The monoisotopic (exact) mass is 519 g/mol. The molecule has 0 radical (unpaired) electrons. The number of hydrogen-bond acceptors (Lipinski definition) is 2. The lowest BCUT2D eigenvalue weighted by molar-refractivity contribution is 0.0796. The number of pyridine rings is 2. The van der Waals surface area contributed by atoms with Crippen LogP contribution in [0.25, 0.3) is 39.0 Å². The van der Waals surface area contributed by atoms with Crippen molar-refractivity contribution in [3.05, 3.63) is 78.7 Å². The predicted molar refractivity (Wildman–Crippen MR) is 152 cm³/mol. The molecule has 38 heavy (non-hydrogen) atoms. The van der Waals surface area contributed by atoms with Crippen LogP contribution in [0.4, 0.5) is 13.2 Å². The van der Waals surface area contributed by atoms with Gasteiger partial charge in [0.2, 0.25) is 0 Å². The van der Waals surface area contributed by atoms with Gasteiger partial charge in [-0.05, 0) is 67.9 Å². The summed E-state index contributed by atoms with van der Waals surface area (Å²) in [4.78, 5) is 8.41. The SMILES string of the molecule is CCC/C=C/CCC(CCC)CC/C=C/c1ncc(-c2ccc3c4cnccc4n(C(F)F)c3c2)cc1F. The van der Waals surface area contributed by atoms with Gasteiger partial charge < -0.3 is 0 Å². The summed E-state index contributed by atoms with van der Waals surface area (Å²) in [7, 11) is 0. The summed E-state index contributed by atoms with van der Waals surface area (Å²) in [6.45, 7) is 1.71. The maximum Gasteiger partial charge on any atom is 0.319 e. The van der Waals surface area contributed by atoms with E-state index >= 15 is 0 Å². The van der Waals surface area contributed by atoms with Crippen LogP contribution in [0.15, 0.2) is 67.2 Å². The first-order valence-corrected chi connectivity index (χ1v) is 13.7. The second kappa shape index (κ2) is 13.4. The molecule has 1 atom stereocenters. The zero-order valence-corrected chi connectivity index (χ0v) is 22.2. The van der Waals surface area contributed by atoms with Crippen molar-refractivity contribution in [3.8, 4) is 11.1 Å². The van der Waals surface area contributed by atoms with Crippen LogP contribution in [0.5, 0.6) is 0 Å². The van der Waals surface area contributed by atoms with Gasteiger partial charge in [-0.2, -0.15) is 8.78 Å². The molecular weight excluding hydrogens is 483 g/mol. The van der Waals surface area contributed by atoms with Crippen molar-refractivity contribution in [3.63, 3.8) is 0 Å². The van der Waals surface area contributed by atoms with E-state index in [0.717, 1.165) is 30.3 Å². The number of unbranched alkanes of at least 4 members (excludes halogenated alkanes) is 1. The fraction of sp³-hybridized carbons (Fsp3) is 0.375. The Kier molecular flexibility index (Phi) is 9.74. The van der Waals surface area contributed by atoms with Crippen LogP contribution in [-0.4, -0.2) is 14.5 Å². The highest BCUT2D eigenvalue weighted by Crippen LogP contribution is 2.35. The third-order valence-corrected chi connectivity index (χ3v) is 7.08. The summed E-state index contributed by atoms with van der Waals surface area (Å²) >= 11 is 0. The normalized spacial score (nSPS) is 13.1. The molecule has 4 rings (SSSR count). The highest BCUT2D eigenvalue weighted by molar-refractivity contribution is 6.08. The molecule has 3 nitrogen and oxygen atoms in total. The van der Waals surface area contributed by atoms with E-state index in [-0.39, 0.29) is 5.69 Å². The summed E-state index contributed by atoms with van der Waals surface area (Å²) in [6.07, 6.45) is 22.0. The zero-order chi connectivity index (χ0) is 26.9. The van der Waals surface area contributed by atoms with E-state index in [0.29, 0.717) is 38.9 Å². The van der Waals surface area contributed by atoms with Gasteiger partial charge in [-0.1, -0.05) is 63.5 Å². The van der Waals surface area contributed by atoms with Crippen LogP contribution < -0.4 is 0 Å². The van der Waals surface area contributed by atoms with Gasteiger partial charge in [-0.3, -0.25) is 14.5 Å². The van der Waals surface area contributed by atoms with Crippen LogP contribution in [-0.2, 0) is 0 Å². The molecule has 200 valence electrons. The molecule has 3 heterocycles. The summed E-state index contributed by atoms with van der Waals surface area (Å²) < 4.78 is 43.8. The maximum atomic E-state index is 14.9. The minimum absolute atomic E-state index is 0.289. The molecule has 1 aromatic carbocycles. The molecule has 0 saturated heterocycles. The van der Waals surface area contributed by atoms with Crippen molar-refractivity contribution in [2.75, 3.05) is 0 Å². The third-order valence-electron chi connectivity index (χ3n) is 7.08. The van der Waals surface area contributed by atoms with Crippen LogP contribution in [0.3, 0.4) is 0 Å². The molecule has 0 aliphatic carbocycles. The smallest absolute Gasteiger partial charge is 0.284 e. The van der Waals surface area contributed by atoms with E-state index in [2.05, 4.69) is 36.0 Å². The minimum Gasteiger partial charge on any atom is -0.284 e. The first kappa shape index (κ1) is 27.6. The average Bonchev–Trinajstić information content (AvgIpc) is 3.25. The zero-order valence-electron chi connectivity index (χ0n) is 22.2. The van der Waals surface area contributed by atoms with Gasteiger partial charge in [0.15, 0.2) is 0 Å². The molecule has 0 spiro atoms. The van der Waals surface area contributed by atoms with Gasteiger partial charge >= 0.3 is 6.55 Å². The van der Waals surface area contributed by atoms with Crippen molar-refractivity contribution in [1.29, 1.82) is 0 Å². The van der Waals surface area contributed by atoms with Gasteiger partial charge in [0.1, 0.15) is 5.82 Å². The molecule has 0 amide bonds. The Bertz CT molecular complexity index is 1400. The lowest BCUT2D eigenvalue weighted by atomic mass is 9.93. The van der Waals surface area contributed by atoms with Crippen molar-refractivity contribution >= 4 is 27.9 Å². The summed E-state index contributed by atoms with van der Waals surface area (Å²) in [5.74, 6) is 0.245. The molecular formula is C32H36F3N3. The number of benzene rings is 1. The van der Waals surface area contributed by atoms with Crippen molar-refractivity contribution in [1.82, 2.24) is 14.5 Å². The summed E-state index contributed by atoms with van der Waals surface area (Å²) in [5.41, 5.74) is 2.27. The van der Waals surface area contributed by atoms with Gasteiger partial charge in [-0.25, -0.2) is 4.39 Å². The average molecular weight is 520 g/mol. The molecule has 0 fully saturated rings. The number of allylic oxidation sites excluding steroid dienone is 3. The van der Waals surface area contributed by atoms with Crippen molar-refractivity contribution in [2.24, 2.45) is 5.92 Å². The largest absolute Gasteiger partial charge is 0.319 e. The second-order valence-corrected chi connectivity index (χ2v) is 9.84. The van der Waals surface area contributed by atoms with Crippen molar-refractivity contribution < 1.29 is 13.2 Å². The van der Waals surface area contributed by atoms with E-state index in [1.807, 2.05) is 12.1 Å². The summed E-state index contributed by atoms with van der Waals surface area (Å²) in [5, 5.41) is 1.34. The fourth-order valence-corrected chi connectivity index (χ4v) is 5.11. The highest BCUT2D eigenvalue weighted by Gasteiger charge is 2.18. The molecule has 4 aromatic rings. The van der Waals surface area contributed by atoms with Crippen LogP contribution in [0.2, 0.25) is 0 Å². The lowest BCUT2D eigenvalue weighted by Crippen LogP contribution is -1.99. The molecule has 0 saturated carbocycles. The van der Waals surface area contributed by atoms with E-state index in [1.165, 1.54) is 37.9 Å². The number of halogens is 3. The molecule has 0 aliphatic rings. The molecule has 6 heteroatoms. The Balaban J connectivity index is 1.46. The molecule has 1 unspecified atom stereocenters. The molecule has 0 N–H and O–H groups in total. The fourth-order valence-electron chi connectivity index (χ4n) is 5.11. The number of aromatic nitrogens is 3. The first-order valence-electron chi connectivity index (χ1n) is 13.7. The predicted octanol–water partition coefficient (Wildman–Crippen LogP) is 10.1. The van der Waals surface area contributed by atoms with Gasteiger partial charge in [0.25, 0.3) is 0 Å².